The summed E-state index contributed by atoms with van der Waals surface area (Å²) in [4.78, 5) is 63.8. The predicted molar refractivity (Wildman–Crippen MR) is 131 cm³/mol. The number of fused-ring (bicyclic) bond motifs is 2. The number of thiazole rings is 1. The third kappa shape index (κ3) is 4.71. The maximum atomic E-state index is 13.7. The molecule has 202 valence electrons. The number of carbonyl (C=O) groups excluding carboxylic acids is 4. The van der Waals surface area contributed by atoms with E-state index in [2.05, 4.69) is 5.32 Å². The summed E-state index contributed by atoms with van der Waals surface area (Å²) in [6.07, 6.45) is -4.63. The molecule has 15 heteroatoms. The van der Waals surface area contributed by atoms with Crippen molar-refractivity contribution in [2.75, 3.05) is 5.32 Å². The molecule has 0 spiro atoms. The molecule has 2 aliphatic heterocycles. The molecule has 2 aliphatic rings. The van der Waals surface area contributed by atoms with Gasteiger partial charge in [0.25, 0.3) is 5.91 Å². The van der Waals surface area contributed by atoms with Crippen molar-refractivity contribution in [3.63, 3.8) is 0 Å². The van der Waals surface area contributed by atoms with Crippen LogP contribution in [0.25, 0.3) is 0 Å². The second-order valence-electron chi connectivity index (χ2n) is 8.69. The number of alkyl halides is 3. The lowest BCUT2D eigenvalue weighted by atomic mass is 9.83. The first kappa shape index (κ1) is 26.6. The first-order valence-corrected chi connectivity index (χ1v) is 12.9. The molecule has 0 radical (unpaired) electrons. The molecule has 1 aromatic heterocycles. The van der Waals surface area contributed by atoms with Crippen LogP contribution in [0.15, 0.2) is 58.4 Å². The molecule has 3 atom stereocenters. The van der Waals surface area contributed by atoms with Gasteiger partial charge in [-0.25, -0.2) is 9.18 Å². The number of amides is 5. The van der Waals surface area contributed by atoms with E-state index in [4.69, 9.17) is 5.73 Å². The van der Waals surface area contributed by atoms with E-state index in [1.54, 1.807) is 0 Å². The minimum absolute atomic E-state index is 0.141. The van der Waals surface area contributed by atoms with Crippen molar-refractivity contribution in [2.45, 2.75) is 28.9 Å². The summed E-state index contributed by atoms with van der Waals surface area (Å²) in [6.45, 7) is -0.608. The summed E-state index contributed by atoms with van der Waals surface area (Å²) in [7, 11) is 0. The molecule has 0 saturated carbocycles. The molecule has 9 nitrogen and oxygen atoms in total. The van der Waals surface area contributed by atoms with Crippen LogP contribution in [0.1, 0.15) is 21.9 Å². The van der Waals surface area contributed by atoms with E-state index in [0.717, 1.165) is 46.7 Å². The van der Waals surface area contributed by atoms with Gasteiger partial charge in [0.1, 0.15) is 17.6 Å². The largest absolute Gasteiger partial charge is 0.416 e. The summed E-state index contributed by atoms with van der Waals surface area (Å²) >= 11 is 1.52. The minimum Gasteiger partial charge on any atom is -0.351 e. The minimum atomic E-state index is -4.63. The molecule has 3 N–H and O–H groups in total. The van der Waals surface area contributed by atoms with Crippen molar-refractivity contribution in [2.24, 2.45) is 11.7 Å². The lowest BCUT2D eigenvalue weighted by Crippen LogP contribution is -2.41. The van der Waals surface area contributed by atoms with Crippen LogP contribution in [0.4, 0.5) is 28.0 Å². The number of urea groups is 1. The molecule has 5 amide bonds. The van der Waals surface area contributed by atoms with Crippen molar-refractivity contribution < 1.29 is 36.7 Å². The molecular formula is C24H16F4N4O5S2. The van der Waals surface area contributed by atoms with E-state index in [9.17, 15) is 41.5 Å². The number of likely N-dealkylation sites (tertiary alicyclic amines) is 1. The van der Waals surface area contributed by atoms with Gasteiger partial charge in [0.05, 0.1) is 16.5 Å². The Kier molecular flexibility index (Phi) is 6.58. The fourth-order valence-corrected chi connectivity index (χ4v) is 7.39. The number of aromatic nitrogens is 1. The highest BCUT2D eigenvalue weighted by Crippen LogP contribution is 2.53. The Hall–Kier alpha value is -3.98. The maximum Gasteiger partial charge on any atom is 0.416 e. The molecule has 3 aromatic rings. The van der Waals surface area contributed by atoms with Crippen molar-refractivity contribution >= 4 is 52.5 Å². The SMILES string of the molecule is NC(=O)N1C(=O)C2Sc3c(sc(=O)n3CC(=O)Nc3cccc(C(F)(F)F)c3)C(c3ccc(F)cc3)C2C1=O. The molecule has 1 saturated heterocycles. The van der Waals surface area contributed by atoms with Crippen LogP contribution in [0.3, 0.4) is 0 Å². The van der Waals surface area contributed by atoms with Gasteiger partial charge in [-0.3, -0.25) is 23.7 Å². The van der Waals surface area contributed by atoms with Crippen LogP contribution in [0, 0.1) is 11.7 Å². The molecule has 3 unspecified atom stereocenters. The zero-order chi connectivity index (χ0) is 28.2. The number of benzene rings is 2. The second kappa shape index (κ2) is 9.64. The quantitative estimate of drug-likeness (QED) is 0.359. The number of anilines is 1. The average Bonchev–Trinajstić information content (AvgIpc) is 3.30. The van der Waals surface area contributed by atoms with E-state index in [0.29, 0.717) is 26.7 Å². The van der Waals surface area contributed by atoms with Crippen molar-refractivity contribution in [1.82, 2.24) is 9.47 Å². The highest BCUT2D eigenvalue weighted by Gasteiger charge is 2.57. The Labute approximate surface area is 224 Å². The highest BCUT2D eigenvalue weighted by molar-refractivity contribution is 8.00. The van der Waals surface area contributed by atoms with E-state index in [-0.39, 0.29) is 10.7 Å². The van der Waals surface area contributed by atoms with Crippen molar-refractivity contribution in [3.8, 4) is 0 Å². The first-order chi connectivity index (χ1) is 18.4. The number of hydrogen-bond donors (Lipinski definition) is 2. The number of nitrogens with zero attached hydrogens (tertiary/aromatic N) is 2. The third-order valence-electron chi connectivity index (χ3n) is 6.27. The Morgan fingerprint density at radius 2 is 1.72 bits per heavy atom. The van der Waals surface area contributed by atoms with Gasteiger partial charge in [0.15, 0.2) is 0 Å². The van der Waals surface area contributed by atoms with E-state index in [1.807, 2.05) is 0 Å². The number of primary amides is 1. The fourth-order valence-electron chi connectivity index (χ4n) is 4.62. The Morgan fingerprint density at radius 1 is 1.03 bits per heavy atom. The Morgan fingerprint density at radius 3 is 2.36 bits per heavy atom. The monoisotopic (exact) mass is 580 g/mol. The van der Waals surface area contributed by atoms with Gasteiger partial charge in [0, 0.05) is 16.5 Å². The summed E-state index contributed by atoms with van der Waals surface area (Å²) in [6, 6.07) is 7.74. The fraction of sp³-hybridized carbons (Fsp3) is 0.208. The summed E-state index contributed by atoms with van der Waals surface area (Å²) in [5.74, 6) is -5.19. The van der Waals surface area contributed by atoms with Crippen LogP contribution in [-0.2, 0) is 27.1 Å². The second-order valence-corrected chi connectivity index (χ2v) is 10.8. The number of thioether (sulfide) groups is 1. The molecule has 3 heterocycles. The molecule has 2 aromatic carbocycles. The topological polar surface area (TPSA) is 132 Å². The molecule has 0 aliphatic carbocycles. The first-order valence-electron chi connectivity index (χ1n) is 11.2. The number of hydrogen-bond acceptors (Lipinski definition) is 7. The summed E-state index contributed by atoms with van der Waals surface area (Å²) in [5.41, 5.74) is 4.53. The van der Waals surface area contributed by atoms with Gasteiger partial charge >= 0.3 is 17.1 Å². The number of carbonyl (C=O) groups is 4. The zero-order valence-electron chi connectivity index (χ0n) is 19.4. The zero-order valence-corrected chi connectivity index (χ0v) is 21.0. The van der Waals surface area contributed by atoms with Gasteiger partial charge in [-0.05, 0) is 35.9 Å². The van der Waals surface area contributed by atoms with Gasteiger partial charge in [0.2, 0.25) is 11.8 Å². The molecule has 39 heavy (non-hydrogen) atoms. The van der Waals surface area contributed by atoms with Gasteiger partial charge in [-0.2, -0.15) is 18.1 Å². The summed E-state index contributed by atoms with van der Waals surface area (Å²) < 4.78 is 53.8. The normalized spacial score (nSPS) is 20.5. The van der Waals surface area contributed by atoms with Crippen LogP contribution >= 0.6 is 23.1 Å². The van der Waals surface area contributed by atoms with Gasteiger partial charge < -0.3 is 11.1 Å². The van der Waals surface area contributed by atoms with E-state index < -0.39 is 69.8 Å². The Bertz CT molecular complexity index is 1580. The molecule has 5 rings (SSSR count). The lowest BCUT2D eigenvalue weighted by molar-refractivity contribution is -0.138. The van der Waals surface area contributed by atoms with Crippen LogP contribution < -0.4 is 15.9 Å². The molecule has 0 bridgehead atoms. The van der Waals surface area contributed by atoms with Crippen molar-refractivity contribution in [1.29, 1.82) is 0 Å². The van der Waals surface area contributed by atoms with E-state index >= 15 is 0 Å². The number of rotatable bonds is 4. The smallest absolute Gasteiger partial charge is 0.351 e. The number of imide groups is 3. The number of nitrogens with one attached hydrogen (secondary N) is 1. The third-order valence-corrected chi connectivity index (χ3v) is 8.88. The van der Waals surface area contributed by atoms with E-state index in [1.165, 1.54) is 18.2 Å². The van der Waals surface area contributed by atoms with Gasteiger partial charge in [-0.15, -0.1) is 0 Å². The lowest BCUT2D eigenvalue weighted by Gasteiger charge is -2.30. The van der Waals surface area contributed by atoms with Crippen molar-refractivity contribution in [3.05, 3.63) is 80.0 Å². The average molecular weight is 581 g/mol. The molecule has 1 fully saturated rings. The number of halogens is 4. The van der Waals surface area contributed by atoms with Gasteiger partial charge in [-0.1, -0.05) is 41.3 Å². The van der Waals surface area contributed by atoms with Crippen LogP contribution in [0.2, 0.25) is 0 Å². The maximum absolute atomic E-state index is 13.7. The standard InChI is InChI=1S/C24H16F4N4O5S2/c25-12-6-4-10(5-7-12)15-16-17(20(35)32(19(16)34)22(29)36)38-21-18(15)39-23(37)31(21)9-14(33)30-13-3-1-2-11(8-13)24(26,27)28/h1-8,15-17H,9H2,(H2,29,36)(H,30,33). The van der Waals surface area contributed by atoms with Crippen LogP contribution in [-0.4, -0.2) is 38.5 Å². The predicted octanol–water partition coefficient (Wildman–Crippen LogP) is 3.38. The summed E-state index contributed by atoms with van der Waals surface area (Å²) in [5, 5.41) is 1.33. The Balaban J connectivity index is 1.52. The number of nitrogens with two attached hydrogens (primary N) is 1. The molecular weight excluding hydrogens is 564 g/mol. The highest BCUT2D eigenvalue weighted by atomic mass is 32.2. The van der Waals surface area contributed by atoms with Crippen LogP contribution in [0.5, 0.6) is 0 Å².